The van der Waals surface area contributed by atoms with E-state index in [4.69, 9.17) is 0 Å². The summed E-state index contributed by atoms with van der Waals surface area (Å²) in [5, 5.41) is 3.58. The summed E-state index contributed by atoms with van der Waals surface area (Å²) in [4.78, 5) is 41.2. The predicted octanol–water partition coefficient (Wildman–Crippen LogP) is 3.02. The van der Waals surface area contributed by atoms with Gasteiger partial charge in [0.2, 0.25) is 5.91 Å². The molecule has 5 rings (SSSR count). The average molecular weight is 393 g/mol. The molecule has 0 atom stereocenters. The quantitative estimate of drug-likeness (QED) is 0.739. The zero-order chi connectivity index (χ0) is 19.1. The molecular weight excluding hydrogens is 374 g/mol. The van der Waals surface area contributed by atoms with E-state index >= 15 is 0 Å². The Kier molecular flexibility index (Phi) is 4.27. The predicted molar refractivity (Wildman–Crippen MR) is 106 cm³/mol. The van der Waals surface area contributed by atoms with Crippen LogP contribution in [0, 0.1) is 5.92 Å². The number of benzene rings is 1. The van der Waals surface area contributed by atoms with Gasteiger partial charge in [0.25, 0.3) is 5.91 Å². The van der Waals surface area contributed by atoms with Crippen LogP contribution in [0.2, 0.25) is 0 Å². The highest BCUT2D eigenvalue weighted by atomic mass is 32.1. The highest BCUT2D eigenvalue weighted by Crippen LogP contribution is 2.31. The molecule has 0 unspecified atom stereocenters. The maximum absolute atomic E-state index is 12.9. The van der Waals surface area contributed by atoms with Crippen LogP contribution >= 0.6 is 11.3 Å². The van der Waals surface area contributed by atoms with Crippen LogP contribution in [0.25, 0.3) is 11.0 Å². The number of hydrogen-bond acceptors (Lipinski definition) is 6. The molecule has 2 amide bonds. The Morgan fingerprint density at radius 2 is 1.96 bits per heavy atom. The van der Waals surface area contributed by atoms with Gasteiger partial charge in [0.15, 0.2) is 5.13 Å². The number of nitrogens with zero attached hydrogens (tertiary/aromatic N) is 4. The Balaban J connectivity index is 1.31. The number of amides is 2. The summed E-state index contributed by atoms with van der Waals surface area (Å²) in [6.07, 6.45) is 5.27. The first-order valence-corrected chi connectivity index (χ1v) is 10.3. The van der Waals surface area contributed by atoms with Crippen molar-refractivity contribution in [3.8, 4) is 0 Å². The maximum Gasteiger partial charge on any atom is 0.274 e. The van der Waals surface area contributed by atoms with Crippen molar-refractivity contribution in [3.05, 3.63) is 46.7 Å². The summed E-state index contributed by atoms with van der Waals surface area (Å²) in [6, 6.07) is 7.51. The number of hydrogen-bond donors (Lipinski definition) is 1. The number of carbonyl (C=O) groups excluding carboxylic acids is 2. The first-order chi connectivity index (χ1) is 13.7. The lowest BCUT2D eigenvalue weighted by Gasteiger charge is -2.25. The van der Waals surface area contributed by atoms with E-state index in [0.717, 1.165) is 35.4 Å². The third kappa shape index (κ3) is 3.13. The fraction of sp³-hybridized carbons (Fsp3) is 0.350. The standard InChI is InChI=1S/C20H19N5O2S/c26-18(12-4-3-5-12)24-20-23-15-8-9-25(11-17(15)28-20)19(27)16-10-21-13-6-1-2-7-14(13)22-16/h1-2,6-7,10,12H,3-5,8-9,11H2,(H,23,24,26). The molecule has 0 radical (unpaired) electrons. The number of thiazole rings is 1. The van der Waals surface area contributed by atoms with E-state index in [9.17, 15) is 9.59 Å². The fourth-order valence-electron chi connectivity index (χ4n) is 3.52. The van der Waals surface area contributed by atoms with E-state index in [-0.39, 0.29) is 17.7 Å². The molecule has 1 saturated carbocycles. The molecule has 7 nitrogen and oxygen atoms in total. The van der Waals surface area contributed by atoms with E-state index in [2.05, 4.69) is 20.3 Å². The van der Waals surface area contributed by atoms with Gasteiger partial charge in [0, 0.05) is 23.8 Å². The van der Waals surface area contributed by atoms with Gasteiger partial charge < -0.3 is 10.2 Å². The molecule has 1 aromatic carbocycles. The van der Waals surface area contributed by atoms with E-state index in [1.54, 1.807) is 4.90 Å². The van der Waals surface area contributed by atoms with Crippen LogP contribution in [0.4, 0.5) is 5.13 Å². The zero-order valence-electron chi connectivity index (χ0n) is 15.2. The Morgan fingerprint density at radius 3 is 2.75 bits per heavy atom. The topological polar surface area (TPSA) is 88.1 Å². The molecule has 0 spiro atoms. The van der Waals surface area contributed by atoms with Crippen LogP contribution in [-0.4, -0.2) is 38.2 Å². The minimum atomic E-state index is -0.127. The summed E-state index contributed by atoms with van der Waals surface area (Å²) in [5.41, 5.74) is 2.81. The lowest BCUT2D eigenvalue weighted by Crippen LogP contribution is -2.36. The molecule has 142 valence electrons. The Morgan fingerprint density at radius 1 is 1.14 bits per heavy atom. The van der Waals surface area contributed by atoms with Crippen molar-refractivity contribution in [1.29, 1.82) is 0 Å². The molecule has 0 saturated heterocycles. The number of anilines is 1. The third-order valence-electron chi connectivity index (χ3n) is 5.39. The molecule has 8 heteroatoms. The van der Waals surface area contributed by atoms with Crippen LogP contribution in [0.5, 0.6) is 0 Å². The second-order valence-corrected chi connectivity index (χ2v) is 8.31. The SMILES string of the molecule is O=C(Nc1nc2c(s1)CN(C(=O)c1cnc3ccccc3n1)CC2)C1CCC1. The summed E-state index contributed by atoms with van der Waals surface area (Å²) in [7, 11) is 0. The van der Waals surface area contributed by atoms with Crippen molar-refractivity contribution in [2.24, 2.45) is 5.92 Å². The van der Waals surface area contributed by atoms with Crippen LogP contribution in [0.15, 0.2) is 30.5 Å². The third-order valence-corrected chi connectivity index (χ3v) is 6.39. The van der Waals surface area contributed by atoms with E-state index in [1.165, 1.54) is 17.5 Å². The largest absolute Gasteiger partial charge is 0.332 e. The second kappa shape index (κ2) is 6.94. The molecular formula is C20H19N5O2S. The fourth-order valence-corrected chi connectivity index (χ4v) is 4.55. The number of para-hydroxylation sites is 2. The van der Waals surface area contributed by atoms with E-state index in [1.807, 2.05) is 24.3 Å². The lowest BCUT2D eigenvalue weighted by atomic mass is 9.85. The molecule has 2 aromatic heterocycles. The number of aromatic nitrogens is 3. The molecule has 1 fully saturated rings. The molecule has 3 aromatic rings. The number of carbonyl (C=O) groups is 2. The highest BCUT2D eigenvalue weighted by Gasteiger charge is 2.28. The summed E-state index contributed by atoms with van der Waals surface area (Å²) in [5.74, 6) is 0.0690. The van der Waals surface area contributed by atoms with Crippen molar-refractivity contribution in [2.45, 2.75) is 32.2 Å². The van der Waals surface area contributed by atoms with Crippen molar-refractivity contribution in [3.63, 3.8) is 0 Å². The van der Waals surface area contributed by atoms with Gasteiger partial charge in [0.05, 0.1) is 29.5 Å². The number of rotatable bonds is 3. The van der Waals surface area contributed by atoms with Gasteiger partial charge in [0.1, 0.15) is 5.69 Å². The second-order valence-electron chi connectivity index (χ2n) is 7.23. The van der Waals surface area contributed by atoms with Crippen molar-refractivity contribution in [2.75, 3.05) is 11.9 Å². The summed E-state index contributed by atoms with van der Waals surface area (Å²) < 4.78 is 0. The molecule has 1 aliphatic heterocycles. The Hall–Kier alpha value is -2.87. The minimum absolute atomic E-state index is 0.0664. The van der Waals surface area contributed by atoms with Crippen LogP contribution in [-0.2, 0) is 17.8 Å². The monoisotopic (exact) mass is 393 g/mol. The Bertz CT molecular complexity index is 1080. The van der Waals surface area contributed by atoms with Crippen LogP contribution in [0.3, 0.4) is 0 Å². The number of nitrogens with one attached hydrogen (secondary N) is 1. The first kappa shape index (κ1) is 17.2. The Labute approximate surface area is 165 Å². The molecule has 1 aliphatic carbocycles. The van der Waals surface area contributed by atoms with Crippen LogP contribution in [0.1, 0.15) is 40.3 Å². The van der Waals surface area contributed by atoms with Gasteiger partial charge in [-0.25, -0.2) is 9.97 Å². The zero-order valence-corrected chi connectivity index (χ0v) is 16.0. The molecule has 1 N–H and O–H groups in total. The highest BCUT2D eigenvalue weighted by molar-refractivity contribution is 7.15. The average Bonchev–Trinajstić information content (AvgIpc) is 3.06. The van der Waals surface area contributed by atoms with Crippen molar-refractivity contribution < 1.29 is 9.59 Å². The van der Waals surface area contributed by atoms with E-state index in [0.29, 0.717) is 35.9 Å². The molecule has 28 heavy (non-hydrogen) atoms. The number of fused-ring (bicyclic) bond motifs is 2. The molecule has 3 heterocycles. The van der Waals surface area contributed by atoms with Gasteiger partial charge in [-0.1, -0.05) is 29.9 Å². The van der Waals surface area contributed by atoms with Gasteiger partial charge >= 0.3 is 0 Å². The van der Waals surface area contributed by atoms with Gasteiger partial charge in [-0.05, 0) is 25.0 Å². The smallest absolute Gasteiger partial charge is 0.274 e. The van der Waals surface area contributed by atoms with Crippen molar-refractivity contribution in [1.82, 2.24) is 19.9 Å². The summed E-state index contributed by atoms with van der Waals surface area (Å²) in [6.45, 7) is 1.07. The summed E-state index contributed by atoms with van der Waals surface area (Å²) >= 11 is 1.46. The van der Waals surface area contributed by atoms with E-state index < -0.39 is 0 Å². The first-order valence-electron chi connectivity index (χ1n) is 9.48. The van der Waals surface area contributed by atoms with Gasteiger partial charge in [-0.2, -0.15) is 0 Å². The minimum Gasteiger partial charge on any atom is -0.332 e. The van der Waals surface area contributed by atoms with Crippen LogP contribution < -0.4 is 5.32 Å². The van der Waals surface area contributed by atoms with Crippen molar-refractivity contribution >= 4 is 39.3 Å². The normalized spacial score (nSPS) is 16.5. The maximum atomic E-state index is 12.9. The lowest BCUT2D eigenvalue weighted by molar-refractivity contribution is -0.122. The van der Waals surface area contributed by atoms with Gasteiger partial charge in [-0.3, -0.25) is 14.6 Å². The molecule has 2 aliphatic rings. The molecule has 0 bridgehead atoms. The van der Waals surface area contributed by atoms with Gasteiger partial charge in [-0.15, -0.1) is 0 Å².